The van der Waals surface area contributed by atoms with Crippen LogP contribution >= 0.6 is 11.3 Å². The van der Waals surface area contributed by atoms with Crippen molar-refractivity contribution in [1.82, 2.24) is 14.7 Å². The number of fused-ring (bicyclic) bond motifs is 2. The predicted molar refractivity (Wildman–Crippen MR) is 127 cm³/mol. The summed E-state index contributed by atoms with van der Waals surface area (Å²) in [6.07, 6.45) is 1.01. The Morgan fingerprint density at radius 1 is 1.24 bits per heavy atom. The van der Waals surface area contributed by atoms with Gasteiger partial charge in [0.05, 0.1) is 37.0 Å². The third kappa shape index (κ3) is 3.60. The average Bonchev–Trinajstić information content (AvgIpc) is 3.56. The van der Waals surface area contributed by atoms with Gasteiger partial charge in [-0.15, -0.1) is 0 Å². The zero-order valence-corrected chi connectivity index (χ0v) is 19.0. The molecule has 0 fully saturated rings. The van der Waals surface area contributed by atoms with Crippen LogP contribution in [0.4, 0.5) is 4.79 Å². The van der Waals surface area contributed by atoms with Gasteiger partial charge in [0.15, 0.2) is 5.06 Å². The first kappa shape index (κ1) is 21.4. The van der Waals surface area contributed by atoms with E-state index in [4.69, 9.17) is 14.7 Å². The summed E-state index contributed by atoms with van der Waals surface area (Å²) in [5.74, 6) is 0.265. The normalized spacial score (nSPS) is 12.5. The van der Waals surface area contributed by atoms with E-state index in [0.29, 0.717) is 34.0 Å². The minimum absolute atomic E-state index is 0.151. The fourth-order valence-corrected chi connectivity index (χ4v) is 4.91. The Morgan fingerprint density at radius 2 is 2.06 bits per heavy atom. The van der Waals surface area contributed by atoms with Gasteiger partial charge in [0.25, 0.3) is 5.91 Å². The Kier molecular flexibility index (Phi) is 5.36. The molecular weight excluding hydrogens is 452 g/mol. The van der Waals surface area contributed by atoms with Crippen molar-refractivity contribution in [2.45, 2.75) is 6.54 Å². The monoisotopic (exact) mass is 470 g/mol. The minimum Gasteiger partial charge on any atom is -0.496 e. The van der Waals surface area contributed by atoms with Crippen LogP contribution in [-0.4, -0.2) is 40.3 Å². The zero-order valence-electron chi connectivity index (χ0n) is 18.1. The SMILES string of the molecule is C=C(C#N)CN1Cc2c(-c3ccc(OC(=O)n4ncc5ccccc54)s3)ccc(OC)c2C1=O. The van der Waals surface area contributed by atoms with Gasteiger partial charge in [-0.05, 0) is 41.5 Å². The standard InChI is InChI=1S/C25H18N4O4S/c1-15(11-26)13-28-14-18-17(7-8-20(32-2)23(18)24(28)30)21-9-10-22(34-21)33-25(31)29-19-6-4-3-5-16(19)12-27-29/h3-10,12H,1,13-14H2,2H3. The van der Waals surface area contributed by atoms with Gasteiger partial charge in [-0.1, -0.05) is 36.1 Å². The van der Waals surface area contributed by atoms with Crippen molar-refractivity contribution in [3.05, 3.63) is 78.0 Å². The second kappa shape index (κ2) is 8.50. The molecule has 0 radical (unpaired) electrons. The second-order valence-electron chi connectivity index (χ2n) is 7.65. The van der Waals surface area contributed by atoms with Gasteiger partial charge in [0.2, 0.25) is 0 Å². The number of nitrogens with zero attached hydrogens (tertiary/aromatic N) is 4. The maximum Gasteiger partial charge on any atom is 0.441 e. The van der Waals surface area contributed by atoms with Crippen LogP contribution < -0.4 is 9.47 Å². The van der Waals surface area contributed by atoms with Gasteiger partial charge in [-0.3, -0.25) is 4.79 Å². The minimum atomic E-state index is -0.606. The topological polar surface area (TPSA) is 97.5 Å². The van der Waals surface area contributed by atoms with Crippen molar-refractivity contribution in [2.75, 3.05) is 13.7 Å². The van der Waals surface area contributed by atoms with Crippen LogP contribution in [0.25, 0.3) is 21.3 Å². The number of nitriles is 1. The summed E-state index contributed by atoms with van der Waals surface area (Å²) in [7, 11) is 1.52. The van der Waals surface area contributed by atoms with Gasteiger partial charge in [-0.25, -0.2) is 4.79 Å². The van der Waals surface area contributed by atoms with Crippen molar-refractivity contribution in [2.24, 2.45) is 0 Å². The van der Waals surface area contributed by atoms with Gasteiger partial charge in [-0.2, -0.15) is 15.0 Å². The predicted octanol–water partition coefficient (Wildman–Crippen LogP) is 4.86. The third-order valence-corrected chi connectivity index (χ3v) is 6.57. The molecule has 3 heterocycles. The number of hydrogen-bond donors (Lipinski definition) is 0. The molecule has 0 aliphatic carbocycles. The summed E-state index contributed by atoms with van der Waals surface area (Å²) < 4.78 is 12.2. The van der Waals surface area contributed by atoms with E-state index in [0.717, 1.165) is 21.4 Å². The van der Waals surface area contributed by atoms with Crippen LogP contribution in [-0.2, 0) is 6.54 Å². The molecule has 2 aromatic carbocycles. The molecular formula is C25H18N4O4S. The molecule has 8 nitrogen and oxygen atoms in total. The lowest BCUT2D eigenvalue weighted by Crippen LogP contribution is -2.25. The van der Waals surface area contributed by atoms with E-state index in [1.165, 1.54) is 23.1 Å². The summed E-state index contributed by atoms with van der Waals surface area (Å²) in [5.41, 5.74) is 3.08. The van der Waals surface area contributed by atoms with Crippen LogP contribution in [0.3, 0.4) is 0 Å². The fourth-order valence-electron chi connectivity index (χ4n) is 4.01. The zero-order chi connectivity index (χ0) is 23.8. The quantitative estimate of drug-likeness (QED) is 0.387. The van der Waals surface area contributed by atoms with Crippen LogP contribution in [0.15, 0.2) is 66.9 Å². The number of ether oxygens (including phenoxy) is 2. The number of thiophene rings is 1. The lowest BCUT2D eigenvalue weighted by atomic mass is 10.0. The largest absolute Gasteiger partial charge is 0.496 e. The van der Waals surface area contributed by atoms with Crippen molar-refractivity contribution in [1.29, 1.82) is 5.26 Å². The summed E-state index contributed by atoms with van der Waals surface area (Å²) >= 11 is 1.29. The molecule has 0 bridgehead atoms. The van der Waals surface area contributed by atoms with Gasteiger partial charge >= 0.3 is 6.09 Å². The summed E-state index contributed by atoms with van der Waals surface area (Å²) in [6.45, 7) is 4.17. The van der Waals surface area contributed by atoms with Crippen molar-refractivity contribution < 1.29 is 19.1 Å². The Hall–Kier alpha value is -4.42. The molecule has 0 atom stereocenters. The van der Waals surface area contributed by atoms with Gasteiger partial charge in [0, 0.05) is 22.4 Å². The smallest absolute Gasteiger partial charge is 0.441 e. The average molecular weight is 471 g/mol. The summed E-state index contributed by atoms with van der Waals surface area (Å²) in [4.78, 5) is 28.1. The highest BCUT2D eigenvalue weighted by Gasteiger charge is 2.33. The molecule has 1 aliphatic rings. The molecule has 0 unspecified atom stereocenters. The molecule has 4 aromatic rings. The number of carbonyl (C=O) groups excluding carboxylic acids is 2. The van der Waals surface area contributed by atoms with Gasteiger partial charge < -0.3 is 14.4 Å². The van der Waals surface area contributed by atoms with Gasteiger partial charge in [0.1, 0.15) is 5.75 Å². The van der Waals surface area contributed by atoms with Crippen molar-refractivity contribution >= 4 is 34.2 Å². The molecule has 1 aliphatic heterocycles. The first-order chi connectivity index (χ1) is 16.5. The lowest BCUT2D eigenvalue weighted by molar-refractivity contribution is 0.0791. The van der Waals surface area contributed by atoms with E-state index >= 15 is 0 Å². The number of amides is 1. The first-order valence-electron chi connectivity index (χ1n) is 10.3. The van der Waals surface area contributed by atoms with Crippen LogP contribution in [0.2, 0.25) is 0 Å². The van der Waals surface area contributed by atoms with Crippen LogP contribution in [0.1, 0.15) is 15.9 Å². The molecule has 9 heteroatoms. The third-order valence-electron chi connectivity index (χ3n) is 5.57. The van der Waals surface area contributed by atoms with E-state index in [1.807, 2.05) is 36.4 Å². The molecule has 0 saturated heterocycles. The number of benzene rings is 2. The molecule has 2 aromatic heterocycles. The van der Waals surface area contributed by atoms with E-state index in [-0.39, 0.29) is 12.5 Å². The number of aromatic nitrogens is 2. The maximum absolute atomic E-state index is 13.0. The maximum atomic E-state index is 13.0. The van der Waals surface area contributed by atoms with Crippen molar-refractivity contribution in [3.8, 4) is 27.3 Å². The molecule has 168 valence electrons. The molecule has 0 N–H and O–H groups in total. The Morgan fingerprint density at radius 3 is 2.85 bits per heavy atom. The highest BCUT2D eigenvalue weighted by molar-refractivity contribution is 7.17. The fraction of sp³-hybridized carbons (Fsp3) is 0.120. The highest BCUT2D eigenvalue weighted by Crippen LogP contribution is 2.42. The Labute approximate surface area is 198 Å². The van der Waals surface area contributed by atoms with E-state index < -0.39 is 6.09 Å². The number of para-hydroxylation sites is 1. The van der Waals surface area contributed by atoms with Crippen LogP contribution in [0, 0.1) is 11.3 Å². The lowest BCUT2D eigenvalue weighted by Gasteiger charge is -2.14. The number of hydrogen-bond acceptors (Lipinski definition) is 7. The first-order valence-corrected chi connectivity index (χ1v) is 11.1. The molecule has 34 heavy (non-hydrogen) atoms. The molecule has 5 rings (SSSR count). The number of methoxy groups -OCH3 is 1. The Balaban J connectivity index is 1.44. The van der Waals surface area contributed by atoms with Crippen molar-refractivity contribution in [3.63, 3.8) is 0 Å². The van der Waals surface area contributed by atoms with E-state index in [1.54, 1.807) is 29.3 Å². The Bertz CT molecular complexity index is 1510. The molecule has 0 spiro atoms. The highest BCUT2D eigenvalue weighted by atomic mass is 32.1. The second-order valence-corrected chi connectivity index (χ2v) is 8.69. The van der Waals surface area contributed by atoms with E-state index in [9.17, 15) is 9.59 Å². The molecule has 0 saturated carbocycles. The number of carbonyl (C=O) groups is 2. The van der Waals surface area contributed by atoms with Crippen LogP contribution in [0.5, 0.6) is 10.8 Å². The molecule has 1 amide bonds. The number of rotatable bonds is 5. The van der Waals surface area contributed by atoms with E-state index in [2.05, 4.69) is 11.7 Å². The summed E-state index contributed by atoms with van der Waals surface area (Å²) in [6, 6.07) is 16.5. The summed E-state index contributed by atoms with van der Waals surface area (Å²) in [5, 5.41) is 14.5.